The number of sulfonamides is 1. The summed E-state index contributed by atoms with van der Waals surface area (Å²) < 4.78 is 34.0. The van der Waals surface area contributed by atoms with Gasteiger partial charge in [0.1, 0.15) is 18.3 Å². The van der Waals surface area contributed by atoms with Gasteiger partial charge in [0, 0.05) is 22.6 Å². The average Bonchev–Trinajstić information content (AvgIpc) is 2.99. The molecule has 0 radical (unpaired) electrons. The predicted octanol–water partition coefficient (Wildman–Crippen LogP) is 6.06. The summed E-state index contributed by atoms with van der Waals surface area (Å²) in [6, 6.07) is 18.4. The van der Waals surface area contributed by atoms with Gasteiger partial charge in [-0.05, 0) is 79.9 Å². The van der Waals surface area contributed by atoms with Crippen LogP contribution in [0.3, 0.4) is 0 Å². The van der Waals surface area contributed by atoms with E-state index in [0.29, 0.717) is 15.8 Å². The normalized spacial score (nSPS) is 14.6. The lowest BCUT2D eigenvalue weighted by Crippen LogP contribution is -2.53. The summed E-state index contributed by atoms with van der Waals surface area (Å²) >= 11 is 12.2. The van der Waals surface area contributed by atoms with Crippen LogP contribution in [0.2, 0.25) is 10.0 Å². The first kappa shape index (κ1) is 31.7. The molecule has 2 amide bonds. The van der Waals surface area contributed by atoms with Gasteiger partial charge in [0.2, 0.25) is 11.8 Å². The maximum atomic E-state index is 14.1. The highest BCUT2D eigenvalue weighted by molar-refractivity contribution is 7.92. The van der Waals surface area contributed by atoms with E-state index in [1.807, 2.05) is 12.1 Å². The molecule has 1 fully saturated rings. The third-order valence-corrected chi connectivity index (χ3v) is 9.68. The Kier molecular flexibility index (Phi) is 10.8. The zero-order chi connectivity index (χ0) is 30.3. The van der Waals surface area contributed by atoms with Crippen molar-refractivity contribution in [2.24, 2.45) is 0 Å². The fraction of sp³-hybridized carbons (Fsp3) is 0.355. The molecule has 0 heterocycles. The van der Waals surface area contributed by atoms with E-state index in [9.17, 15) is 18.0 Å². The van der Waals surface area contributed by atoms with Crippen molar-refractivity contribution in [3.63, 3.8) is 0 Å². The number of nitrogens with zero attached hydrogens (tertiary/aromatic N) is 2. The molecule has 1 N–H and O–H groups in total. The molecule has 1 atom stereocenters. The molecule has 4 rings (SSSR count). The Labute approximate surface area is 257 Å². The van der Waals surface area contributed by atoms with Crippen molar-refractivity contribution in [3.05, 3.63) is 88.4 Å². The highest BCUT2D eigenvalue weighted by Gasteiger charge is 2.33. The Bertz CT molecular complexity index is 1480. The molecule has 0 aliphatic heterocycles. The minimum Gasteiger partial charge on any atom is -0.497 e. The summed E-state index contributed by atoms with van der Waals surface area (Å²) in [5, 5.41) is 3.79. The molecule has 0 saturated heterocycles. The van der Waals surface area contributed by atoms with Crippen molar-refractivity contribution in [3.8, 4) is 5.75 Å². The second-order valence-corrected chi connectivity index (χ2v) is 13.1. The van der Waals surface area contributed by atoms with Gasteiger partial charge in [0.15, 0.2) is 0 Å². The molecule has 1 aliphatic rings. The predicted molar refractivity (Wildman–Crippen MR) is 165 cm³/mol. The minimum absolute atomic E-state index is 0.0375. The Morgan fingerprint density at radius 3 is 2.24 bits per heavy atom. The zero-order valence-corrected chi connectivity index (χ0v) is 26.0. The lowest BCUT2D eigenvalue weighted by molar-refractivity contribution is -0.139. The molecule has 0 bridgehead atoms. The van der Waals surface area contributed by atoms with Crippen molar-refractivity contribution in [1.82, 2.24) is 10.2 Å². The van der Waals surface area contributed by atoms with E-state index in [-0.39, 0.29) is 29.1 Å². The fourth-order valence-corrected chi connectivity index (χ4v) is 6.69. The number of benzene rings is 3. The van der Waals surface area contributed by atoms with Crippen LogP contribution >= 0.6 is 23.2 Å². The van der Waals surface area contributed by atoms with Crippen molar-refractivity contribution < 1.29 is 22.7 Å². The molecule has 42 heavy (non-hydrogen) atoms. The van der Waals surface area contributed by atoms with E-state index < -0.39 is 28.5 Å². The number of halogens is 2. The fourth-order valence-electron chi connectivity index (χ4n) is 4.97. The maximum Gasteiger partial charge on any atom is 0.264 e. The Hall–Kier alpha value is -3.27. The molecular formula is C31H35Cl2N3O5S. The summed E-state index contributed by atoms with van der Waals surface area (Å²) in [5.74, 6) is -0.172. The van der Waals surface area contributed by atoms with Crippen molar-refractivity contribution in [2.75, 3.05) is 18.0 Å². The van der Waals surface area contributed by atoms with E-state index >= 15 is 0 Å². The molecule has 0 aromatic heterocycles. The quantitative estimate of drug-likeness (QED) is 0.277. The highest BCUT2D eigenvalue weighted by Crippen LogP contribution is 2.28. The van der Waals surface area contributed by atoms with Gasteiger partial charge in [-0.3, -0.25) is 13.9 Å². The number of carbonyl (C=O) groups is 2. The van der Waals surface area contributed by atoms with Gasteiger partial charge in [-0.15, -0.1) is 0 Å². The van der Waals surface area contributed by atoms with Crippen LogP contribution in [0.5, 0.6) is 5.75 Å². The Morgan fingerprint density at radius 2 is 1.62 bits per heavy atom. The van der Waals surface area contributed by atoms with E-state index in [4.69, 9.17) is 27.9 Å². The summed E-state index contributed by atoms with van der Waals surface area (Å²) in [4.78, 5) is 28.9. The molecule has 224 valence electrons. The van der Waals surface area contributed by atoms with Gasteiger partial charge in [-0.25, -0.2) is 8.42 Å². The van der Waals surface area contributed by atoms with Crippen LogP contribution in [0, 0.1) is 0 Å². The van der Waals surface area contributed by atoms with Gasteiger partial charge >= 0.3 is 0 Å². The van der Waals surface area contributed by atoms with Gasteiger partial charge in [0.25, 0.3) is 10.0 Å². The third-order valence-electron chi connectivity index (χ3n) is 7.41. The lowest BCUT2D eigenvalue weighted by Gasteiger charge is -2.33. The van der Waals surface area contributed by atoms with Crippen LogP contribution in [0.4, 0.5) is 5.69 Å². The number of anilines is 1. The van der Waals surface area contributed by atoms with Gasteiger partial charge in [-0.2, -0.15) is 0 Å². The number of ether oxygens (including phenoxy) is 1. The third kappa shape index (κ3) is 7.96. The number of rotatable bonds is 11. The van der Waals surface area contributed by atoms with Crippen LogP contribution in [0.25, 0.3) is 0 Å². The first-order chi connectivity index (χ1) is 20.1. The van der Waals surface area contributed by atoms with Gasteiger partial charge in [-0.1, -0.05) is 60.7 Å². The van der Waals surface area contributed by atoms with Crippen molar-refractivity contribution in [2.45, 2.75) is 62.6 Å². The summed E-state index contributed by atoms with van der Waals surface area (Å²) in [5.41, 5.74) is 0.978. The SMILES string of the molecule is COc1ccc(CN(C(=O)CN(c2cccc(Cl)c2)S(=O)(=O)c2ccc(Cl)cc2)[C@H](C)C(=O)NC2CCCCC2)cc1. The van der Waals surface area contributed by atoms with E-state index in [0.717, 1.165) is 42.0 Å². The van der Waals surface area contributed by atoms with E-state index in [1.165, 1.54) is 35.2 Å². The molecule has 1 saturated carbocycles. The smallest absolute Gasteiger partial charge is 0.264 e. The molecule has 0 spiro atoms. The van der Waals surface area contributed by atoms with Crippen LogP contribution in [0.15, 0.2) is 77.7 Å². The number of methoxy groups -OCH3 is 1. The minimum atomic E-state index is -4.22. The Morgan fingerprint density at radius 1 is 0.952 bits per heavy atom. The van der Waals surface area contributed by atoms with E-state index in [1.54, 1.807) is 44.4 Å². The summed E-state index contributed by atoms with van der Waals surface area (Å²) in [6.07, 6.45) is 5.03. The van der Waals surface area contributed by atoms with Gasteiger partial charge < -0.3 is 15.0 Å². The molecular weight excluding hydrogens is 597 g/mol. The molecule has 3 aromatic carbocycles. The number of carbonyl (C=O) groups excluding carboxylic acids is 2. The highest BCUT2D eigenvalue weighted by atomic mass is 35.5. The Balaban J connectivity index is 1.67. The maximum absolute atomic E-state index is 14.1. The number of amides is 2. The topological polar surface area (TPSA) is 96.0 Å². The molecule has 1 aliphatic carbocycles. The average molecular weight is 633 g/mol. The summed E-state index contributed by atoms with van der Waals surface area (Å²) in [7, 11) is -2.65. The molecule has 0 unspecified atom stereocenters. The summed E-state index contributed by atoms with van der Waals surface area (Å²) in [6.45, 7) is 1.20. The number of hydrogen-bond donors (Lipinski definition) is 1. The molecule has 8 nitrogen and oxygen atoms in total. The monoisotopic (exact) mass is 631 g/mol. The second kappa shape index (κ2) is 14.3. The van der Waals surface area contributed by atoms with Crippen LogP contribution < -0.4 is 14.4 Å². The first-order valence-corrected chi connectivity index (χ1v) is 16.0. The zero-order valence-electron chi connectivity index (χ0n) is 23.6. The first-order valence-electron chi connectivity index (χ1n) is 13.8. The van der Waals surface area contributed by atoms with Crippen LogP contribution in [0.1, 0.15) is 44.6 Å². The van der Waals surface area contributed by atoms with Crippen molar-refractivity contribution >= 4 is 50.7 Å². The van der Waals surface area contributed by atoms with E-state index in [2.05, 4.69) is 5.32 Å². The van der Waals surface area contributed by atoms with Gasteiger partial charge in [0.05, 0.1) is 17.7 Å². The van der Waals surface area contributed by atoms with Crippen LogP contribution in [-0.4, -0.2) is 50.9 Å². The molecule has 3 aromatic rings. The number of nitrogens with one attached hydrogen (secondary N) is 1. The molecule has 11 heteroatoms. The number of hydrogen-bond acceptors (Lipinski definition) is 5. The largest absolute Gasteiger partial charge is 0.497 e. The standard InChI is InChI=1S/C31H35Cl2N3O5S/c1-22(31(38)34-26-8-4-3-5-9-26)35(20-23-11-15-28(41-2)16-12-23)30(37)21-36(27-10-6-7-25(33)19-27)42(39,40)29-17-13-24(32)14-18-29/h6-7,10-19,22,26H,3-5,8-9,20-21H2,1-2H3,(H,34,38)/t22-/m1/s1. The van der Waals surface area contributed by atoms with Crippen molar-refractivity contribution in [1.29, 1.82) is 0 Å². The van der Waals surface area contributed by atoms with Crippen LogP contribution in [-0.2, 0) is 26.2 Å². The lowest BCUT2D eigenvalue weighted by atomic mass is 9.95. The second-order valence-electron chi connectivity index (χ2n) is 10.3.